The molecule has 4 heteroatoms. The molecule has 13 heavy (non-hydrogen) atoms. The Morgan fingerprint density at radius 3 is 2.08 bits per heavy atom. The molecule has 0 saturated carbocycles. The van der Waals surface area contributed by atoms with Crippen molar-refractivity contribution in [1.82, 2.24) is 0 Å². The summed E-state index contributed by atoms with van der Waals surface area (Å²) in [6, 6.07) is 8.20. The van der Waals surface area contributed by atoms with Gasteiger partial charge in [0.25, 0.3) is 6.16 Å². The van der Waals surface area contributed by atoms with Crippen molar-refractivity contribution in [2.24, 2.45) is 0 Å². The van der Waals surface area contributed by atoms with Crippen molar-refractivity contribution in [3.05, 3.63) is 43.5 Å². The Bertz CT molecular complexity index is 236. The fraction of sp³-hybridized carbons (Fsp3) is 0. The number of hydrogen-bond acceptors (Lipinski definition) is 3. The molecule has 0 heterocycles. The largest absolute Gasteiger partial charge is 1.00 e. The van der Waals surface area contributed by atoms with Crippen LogP contribution in [0.15, 0.2) is 43.5 Å². The third-order valence-corrected chi connectivity index (χ3v) is 0.944. The molecule has 0 radical (unpaired) electrons. The van der Waals surface area contributed by atoms with E-state index in [0.29, 0.717) is 0 Å². The maximum absolute atomic E-state index is 9.84. The topological polar surface area (TPSA) is 49.4 Å². The van der Waals surface area contributed by atoms with Crippen LogP contribution in [0.3, 0.4) is 0 Å². The summed E-state index contributed by atoms with van der Waals surface area (Å²) in [4.78, 5) is 9.84. The molecule has 0 spiro atoms. The molecule has 0 aliphatic carbocycles. The number of rotatable bonds is 1. The Hall–Kier alpha value is -0.134. The molecular formula is C9H9KO3. The minimum atomic E-state index is -1.54. The van der Waals surface area contributed by atoms with Gasteiger partial charge in [-0.15, -0.1) is 13.2 Å². The first-order valence-electron chi connectivity index (χ1n) is 3.23. The summed E-state index contributed by atoms with van der Waals surface area (Å²) in [5.41, 5.74) is 0. The van der Waals surface area contributed by atoms with Crippen molar-refractivity contribution < 1.29 is 66.0 Å². The van der Waals surface area contributed by atoms with Crippen LogP contribution in [0.5, 0.6) is 5.75 Å². The minimum absolute atomic E-state index is 0. The number of hydrogen-bond donors (Lipinski definition) is 0. The SMILES string of the molecule is C=C.O=C([O-])Oc1ccccc1.[K+]. The standard InChI is InChI=1S/C7H6O3.C2H4.K/c8-7(9)10-6-4-2-1-3-5-6;1-2;/h1-5H,(H,8,9);1-2H2;/q;;+1/p-1. The molecule has 1 aromatic rings. The van der Waals surface area contributed by atoms with Gasteiger partial charge in [-0.2, -0.15) is 0 Å². The number of carbonyl (C=O) groups excluding carboxylic acids is 1. The van der Waals surface area contributed by atoms with E-state index in [0.717, 1.165) is 0 Å². The predicted molar refractivity (Wildman–Crippen MR) is 43.7 cm³/mol. The Morgan fingerprint density at radius 2 is 1.69 bits per heavy atom. The summed E-state index contributed by atoms with van der Waals surface area (Å²) in [6.07, 6.45) is -1.54. The zero-order chi connectivity index (χ0) is 9.40. The molecule has 1 rings (SSSR count). The van der Waals surface area contributed by atoms with Gasteiger partial charge in [-0.1, -0.05) is 18.2 Å². The normalized spacial score (nSPS) is 7.08. The van der Waals surface area contributed by atoms with Gasteiger partial charge in [-0.05, 0) is 12.1 Å². The third kappa shape index (κ3) is 8.20. The van der Waals surface area contributed by atoms with Gasteiger partial charge in [-0.25, -0.2) is 0 Å². The van der Waals surface area contributed by atoms with Crippen molar-refractivity contribution in [2.75, 3.05) is 0 Å². The maximum Gasteiger partial charge on any atom is 1.00 e. The Labute approximate surface area is 120 Å². The molecule has 64 valence electrons. The molecular weight excluding hydrogens is 195 g/mol. The van der Waals surface area contributed by atoms with Crippen molar-refractivity contribution in [3.8, 4) is 5.75 Å². The molecule has 0 N–H and O–H groups in total. The molecule has 0 saturated heterocycles. The van der Waals surface area contributed by atoms with Gasteiger partial charge in [0.1, 0.15) is 0 Å². The Balaban J connectivity index is 0. The van der Waals surface area contributed by atoms with E-state index < -0.39 is 6.16 Å². The molecule has 0 unspecified atom stereocenters. The first-order chi connectivity index (χ1) is 5.79. The van der Waals surface area contributed by atoms with Crippen LogP contribution in [0.25, 0.3) is 0 Å². The third-order valence-electron chi connectivity index (χ3n) is 0.944. The number of para-hydroxylation sites is 1. The average Bonchev–Trinajstić information content (AvgIpc) is 2.08. The van der Waals surface area contributed by atoms with Crippen LogP contribution in [-0.4, -0.2) is 6.16 Å². The number of ether oxygens (including phenoxy) is 1. The molecule has 0 aromatic heterocycles. The van der Waals surface area contributed by atoms with Gasteiger partial charge < -0.3 is 14.6 Å². The fourth-order valence-electron chi connectivity index (χ4n) is 0.585. The zero-order valence-corrected chi connectivity index (χ0v) is 10.6. The second-order valence-electron chi connectivity index (χ2n) is 1.67. The van der Waals surface area contributed by atoms with Crippen LogP contribution in [0, 0.1) is 0 Å². The average molecular weight is 204 g/mol. The summed E-state index contributed by atoms with van der Waals surface area (Å²) in [7, 11) is 0. The summed E-state index contributed by atoms with van der Waals surface area (Å²) in [5.74, 6) is 0.280. The van der Waals surface area contributed by atoms with Crippen molar-refractivity contribution >= 4 is 6.16 Å². The smallest absolute Gasteiger partial charge is 0.514 e. The quantitative estimate of drug-likeness (QED) is 0.235. The van der Waals surface area contributed by atoms with E-state index >= 15 is 0 Å². The van der Waals surface area contributed by atoms with E-state index in [1.165, 1.54) is 12.1 Å². The van der Waals surface area contributed by atoms with Crippen LogP contribution in [0.2, 0.25) is 0 Å². The van der Waals surface area contributed by atoms with Crippen molar-refractivity contribution in [3.63, 3.8) is 0 Å². The minimum Gasteiger partial charge on any atom is -0.514 e. The molecule has 0 atom stereocenters. The van der Waals surface area contributed by atoms with Crippen LogP contribution in [0.1, 0.15) is 0 Å². The molecule has 0 fully saturated rings. The van der Waals surface area contributed by atoms with E-state index in [2.05, 4.69) is 17.9 Å². The molecule has 0 aliphatic rings. The Morgan fingerprint density at radius 1 is 1.23 bits per heavy atom. The van der Waals surface area contributed by atoms with Crippen molar-refractivity contribution in [1.29, 1.82) is 0 Å². The number of benzene rings is 1. The van der Waals surface area contributed by atoms with E-state index in [1.807, 2.05) is 0 Å². The van der Waals surface area contributed by atoms with Gasteiger partial charge in [-0.3, -0.25) is 0 Å². The molecule has 0 bridgehead atoms. The van der Waals surface area contributed by atoms with Gasteiger partial charge in [0.15, 0.2) is 0 Å². The van der Waals surface area contributed by atoms with Crippen LogP contribution in [-0.2, 0) is 0 Å². The van der Waals surface area contributed by atoms with Gasteiger partial charge in [0.2, 0.25) is 0 Å². The fourth-order valence-corrected chi connectivity index (χ4v) is 0.585. The molecule has 0 aliphatic heterocycles. The monoisotopic (exact) mass is 204 g/mol. The maximum atomic E-state index is 9.84. The molecule has 0 amide bonds. The number of carbonyl (C=O) groups is 1. The first kappa shape index (κ1) is 15.3. The van der Waals surface area contributed by atoms with Crippen LogP contribution in [0.4, 0.5) is 4.79 Å². The molecule has 3 nitrogen and oxygen atoms in total. The van der Waals surface area contributed by atoms with Crippen LogP contribution >= 0.6 is 0 Å². The summed E-state index contributed by atoms with van der Waals surface area (Å²) >= 11 is 0. The second kappa shape index (κ2) is 9.95. The predicted octanol–water partition coefficient (Wildman–Crippen LogP) is -1.79. The Kier molecular flexibility index (Phi) is 11.7. The van der Waals surface area contributed by atoms with E-state index in [9.17, 15) is 9.90 Å². The van der Waals surface area contributed by atoms with Gasteiger partial charge in [0.05, 0.1) is 5.75 Å². The van der Waals surface area contributed by atoms with Crippen molar-refractivity contribution in [2.45, 2.75) is 0 Å². The molecule has 1 aromatic carbocycles. The van der Waals surface area contributed by atoms with Gasteiger partial charge >= 0.3 is 51.4 Å². The summed E-state index contributed by atoms with van der Waals surface area (Å²) in [6.45, 7) is 6.00. The number of carboxylic acid groups (broad SMARTS) is 1. The second-order valence-corrected chi connectivity index (χ2v) is 1.67. The summed E-state index contributed by atoms with van der Waals surface area (Å²) in [5, 5.41) is 9.84. The van der Waals surface area contributed by atoms with Gasteiger partial charge in [0, 0.05) is 0 Å². The van der Waals surface area contributed by atoms with E-state index in [-0.39, 0.29) is 57.1 Å². The van der Waals surface area contributed by atoms with E-state index in [4.69, 9.17) is 0 Å². The zero-order valence-electron chi connectivity index (χ0n) is 7.53. The van der Waals surface area contributed by atoms with Crippen LogP contribution < -0.4 is 61.2 Å². The summed E-state index contributed by atoms with van der Waals surface area (Å²) < 4.78 is 4.22. The first-order valence-corrected chi connectivity index (χ1v) is 3.23. The van der Waals surface area contributed by atoms with E-state index in [1.54, 1.807) is 18.2 Å².